The van der Waals surface area contributed by atoms with Crippen LogP contribution in [0.1, 0.15) is 37.3 Å². The van der Waals surface area contributed by atoms with Crippen LogP contribution in [0.15, 0.2) is 90.0 Å². The molecule has 1 aliphatic heterocycles. The summed E-state index contributed by atoms with van der Waals surface area (Å²) in [6.07, 6.45) is 2.08. The number of aliphatic hydroxyl groups excluding tert-OH is 2. The first-order chi connectivity index (χ1) is 20.2. The number of aromatic hydroxyl groups is 1. The molecule has 0 spiro atoms. The number of carbonyl (C=O) groups is 2. The Bertz CT molecular complexity index is 1560. The standard InChI is InChI=1S/C33H32N2O7/c1-20-16-27-31(33(40)34(32(27)39)24-8-5-9-25(18-24)35(41)42)28(19-36)30(20)29(38)15-12-23(22-6-3-2-4-7-22)17-21-10-13-26(37)14-11-21/h2-11,13-14,17-18,27-29,31,36-38H,12,15-16,19H2,1H3/b23-17-/t27-,28+,29-,31-/m1/s1. The van der Waals surface area contributed by atoms with Crippen LogP contribution in [0, 0.1) is 27.9 Å². The fourth-order valence-corrected chi connectivity index (χ4v) is 6.29. The Morgan fingerprint density at radius 1 is 1.05 bits per heavy atom. The number of carbonyl (C=O) groups excluding carboxylic acids is 2. The highest BCUT2D eigenvalue weighted by atomic mass is 16.6. The molecule has 3 N–H and O–H groups in total. The summed E-state index contributed by atoms with van der Waals surface area (Å²) >= 11 is 0. The van der Waals surface area contributed by atoms with Crippen LogP contribution in [0.2, 0.25) is 0 Å². The molecule has 1 saturated heterocycles. The lowest BCUT2D eigenvalue weighted by molar-refractivity contribution is -0.384. The maximum Gasteiger partial charge on any atom is 0.271 e. The largest absolute Gasteiger partial charge is 0.508 e. The van der Waals surface area contributed by atoms with E-state index in [0.717, 1.165) is 27.2 Å². The number of aliphatic hydroxyl groups is 2. The second-order valence-corrected chi connectivity index (χ2v) is 10.8. The molecule has 0 saturated carbocycles. The van der Waals surface area contributed by atoms with E-state index in [9.17, 15) is 35.0 Å². The Balaban J connectivity index is 1.40. The van der Waals surface area contributed by atoms with Crippen LogP contribution in [0.5, 0.6) is 5.75 Å². The minimum atomic E-state index is -0.968. The fourth-order valence-electron chi connectivity index (χ4n) is 6.29. The molecule has 216 valence electrons. The maximum absolute atomic E-state index is 13.6. The van der Waals surface area contributed by atoms with Crippen LogP contribution in [-0.2, 0) is 9.59 Å². The molecule has 1 fully saturated rings. The number of anilines is 1. The average molecular weight is 569 g/mol. The number of amides is 2. The van der Waals surface area contributed by atoms with Gasteiger partial charge >= 0.3 is 0 Å². The molecule has 9 nitrogen and oxygen atoms in total. The van der Waals surface area contributed by atoms with Crippen molar-refractivity contribution in [3.8, 4) is 5.75 Å². The number of imide groups is 1. The van der Waals surface area contributed by atoms with E-state index in [1.165, 1.54) is 24.3 Å². The molecule has 2 amide bonds. The Labute approximate surface area is 243 Å². The van der Waals surface area contributed by atoms with Gasteiger partial charge in [-0.25, -0.2) is 4.90 Å². The van der Waals surface area contributed by atoms with Gasteiger partial charge in [-0.05, 0) is 66.7 Å². The van der Waals surface area contributed by atoms with E-state index in [1.807, 2.05) is 43.3 Å². The van der Waals surface area contributed by atoms with Gasteiger partial charge in [-0.3, -0.25) is 19.7 Å². The molecular weight excluding hydrogens is 536 g/mol. The Kier molecular flexibility index (Phi) is 8.33. The lowest BCUT2D eigenvalue weighted by Gasteiger charge is -2.35. The number of nitrogens with zero attached hydrogens (tertiary/aromatic N) is 2. The van der Waals surface area contributed by atoms with Crippen LogP contribution in [0.3, 0.4) is 0 Å². The molecule has 1 aliphatic carbocycles. The van der Waals surface area contributed by atoms with Gasteiger partial charge in [0.05, 0.1) is 35.2 Å². The van der Waals surface area contributed by atoms with E-state index in [1.54, 1.807) is 24.3 Å². The van der Waals surface area contributed by atoms with Crippen LogP contribution in [0.25, 0.3) is 11.6 Å². The summed E-state index contributed by atoms with van der Waals surface area (Å²) in [5, 5.41) is 42.9. The summed E-state index contributed by atoms with van der Waals surface area (Å²) in [4.78, 5) is 38.8. The predicted molar refractivity (Wildman–Crippen MR) is 158 cm³/mol. The number of fused-ring (bicyclic) bond motifs is 1. The van der Waals surface area contributed by atoms with E-state index < -0.39 is 47.2 Å². The van der Waals surface area contributed by atoms with Crippen LogP contribution in [-0.4, -0.2) is 44.8 Å². The molecular formula is C33H32N2O7. The Hall–Kier alpha value is -4.60. The molecule has 1 heterocycles. The lowest BCUT2D eigenvalue weighted by Crippen LogP contribution is -2.38. The highest BCUT2D eigenvalue weighted by Gasteiger charge is 2.55. The lowest BCUT2D eigenvalue weighted by atomic mass is 9.68. The van der Waals surface area contributed by atoms with Gasteiger partial charge in [0, 0.05) is 18.1 Å². The van der Waals surface area contributed by atoms with Gasteiger partial charge in [0.1, 0.15) is 5.75 Å². The van der Waals surface area contributed by atoms with Crippen molar-refractivity contribution in [2.75, 3.05) is 11.5 Å². The zero-order valence-corrected chi connectivity index (χ0v) is 23.1. The normalized spacial score (nSPS) is 21.5. The number of non-ortho nitro benzene ring substituents is 1. The number of benzene rings is 3. The highest BCUT2D eigenvalue weighted by Crippen LogP contribution is 2.47. The van der Waals surface area contributed by atoms with Gasteiger partial charge in [-0.15, -0.1) is 0 Å². The average Bonchev–Trinajstić information content (AvgIpc) is 3.24. The third kappa shape index (κ3) is 5.61. The summed E-state index contributed by atoms with van der Waals surface area (Å²) in [6, 6.07) is 22.0. The monoisotopic (exact) mass is 568 g/mol. The quantitative estimate of drug-likeness (QED) is 0.107. The van der Waals surface area contributed by atoms with Crippen LogP contribution in [0.4, 0.5) is 11.4 Å². The number of phenols is 1. The van der Waals surface area contributed by atoms with Crippen molar-refractivity contribution in [2.45, 2.75) is 32.3 Å². The van der Waals surface area contributed by atoms with E-state index in [0.29, 0.717) is 18.4 Å². The number of hydrogen-bond acceptors (Lipinski definition) is 7. The summed E-state index contributed by atoms with van der Waals surface area (Å²) in [5.41, 5.74) is 4.05. The Morgan fingerprint density at radius 3 is 2.43 bits per heavy atom. The predicted octanol–water partition coefficient (Wildman–Crippen LogP) is 5.12. The minimum Gasteiger partial charge on any atom is -0.508 e. The molecule has 2 aliphatic rings. The first-order valence-electron chi connectivity index (χ1n) is 13.8. The van der Waals surface area contributed by atoms with Gasteiger partial charge in [0.25, 0.3) is 5.69 Å². The Morgan fingerprint density at radius 2 is 1.76 bits per heavy atom. The van der Waals surface area contributed by atoms with Crippen molar-refractivity contribution in [3.63, 3.8) is 0 Å². The molecule has 5 rings (SSSR count). The second kappa shape index (κ2) is 12.1. The summed E-state index contributed by atoms with van der Waals surface area (Å²) in [5.74, 6) is -3.18. The van der Waals surface area contributed by atoms with E-state index in [4.69, 9.17) is 0 Å². The second-order valence-electron chi connectivity index (χ2n) is 10.8. The zero-order chi connectivity index (χ0) is 30.0. The molecule has 4 atom stereocenters. The zero-order valence-electron chi connectivity index (χ0n) is 23.1. The smallest absolute Gasteiger partial charge is 0.271 e. The van der Waals surface area contributed by atoms with E-state index >= 15 is 0 Å². The van der Waals surface area contributed by atoms with Crippen molar-refractivity contribution in [1.29, 1.82) is 0 Å². The van der Waals surface area contributed by atoms with Crippen molar-refractivity contribution in [1.82, 2.24) is 0 Å². The number of phenolic OH excluding ortho intramolecular Hbond substituents is 1. The molecule has 3 aromatic carbocycles. The molecule has 0 aromatic heterocycles. The molecule has 0 unspecified atom stereocenters. The SMILES string of the molecule is CC1=C([C@H](O)CC/C(=C/c2ccc(O)cc2)c2ccccc2)[C@H](CO)[C@@H]2C(=O)N(c3cccc([N+](=O)[O-])c3)C(=O)[C@@H]2C1. The number of nitro benzene ring substituents is 1. The number of nitro groups is 1. The van der Waals surface area contributed by atoms with Crippen molar-refractivity contribution in [3.05, 3.63) is 111 Å². The van der Waals surface area contributed by atoms with Crippen LogP contribution < -0.4 is 4.90 Å². The van der Waals surface area contributed by atoms with Gasteiger partial charge in [-0.2, -0.15) is 0 Å². The number of hydrogen-bond donors (Lipinski definition) is 3. The van der Waals surface area contributed by atoms with E-state index in [-0.39, 0.29) is 23.5 Å². The third-order valence-electron chi connectivity index (χ3n) is 8.25. The first kappa shape index (κ1) is 28.9. The summed E-state index contributed by atoms with van der Waals surface area (Å²) in [6.45, 7) is 1.39. The molecule has 0 radical (unpaired) electrons. The first-order valence-corrected chi connectivity index (χ1v) is 13.8. The number of rotatable bonds is 9. The maximum atomic E-state index is 13.6. The topological polar surface area (TPSA) is 141 Å². The third-order valence-corrected chi connectivity index (χ3v) is 8.25. The summed E-state index contributed by atoms with van der Waals surface area (Å²) < 4.78 is 0. The molecule has 42 heavy (non-hydrogen) atoms. The highest BCUT2D eigenvalue weighted by molar-refractivity contribution is 6.22. The van der Waals surface area contributed by atoms with Crippen molar-refractivity contribution < 1.29 is 29.8 Å². The van der Waals surface area contributed by atoms with Gasteiger partial charge in [0.15, 0.2) is 0 Å². The number of allylic oxidation sites excluding steroid dienone is 2. The van der Waals surface area contributed by atoms with Crippen molar-refractivity contribution >= 4 is 34.8 Å². The van der Waals surface area contributed by atoms with Crippen LogP contribution >= 0.6 is 0 Å². The minimum absolute atomic E-state index is 0.122. The summed E-state index contributed by atoms with van der Waals surface area (Å²) in [7, 11) is 0. The molecule has 3 aromatic rings. The molecule has 9 heteroatoms. The van der Waals surface area contributed by atoms with Gasteiger partial charge in [-0.1, -0.05) is 60.2 Å². The molecule has 0 bridgehead atoms. The fraction of sp³-hybridized carbons (Fsp3) is 0.273. The van der Waals surface area contributed by atoms with Crippen molar-refractivity contribution in [2.24, 2.45) is 17.8 Å². The van der Waals surface area contributed by atoms with Gasteiger partial charge in [0.2, 0.25) is 11.8 Å². The van der Waals surface area contributed by atoms with Gasteiger partial charge < -0.3 is 15.3 Å². The van der Waals surface area contributed by atoms with E-state index in [2.05, 4.69) is 0 Å².